The lowest BCUT2D eigenvalue weighted by Crippen LogP contribution is -2.33. The molecule has 0 aliphatic rings. The number of carbonyl (C=O) groups is 1. The quantitative estimate of drug-likeness (QED) is 0.607. The molecule has 0 fully saturated rings. The van der Waals surface area contributed by atoms with Gasteiger partial charge in [0.25, 0.3) is 11.9 Å². The lowest BCUT2D eigenvalue weighted by Gasteiger charge is -2.23. The molecule has 1 aromatic carbocycles. The molecule has 0 atom stereocenters. The van der Waals surface area contributed by atoms with E-state index in [-0.39, 0.29) is 5.91 Å². The summed E-state index contributed by atoms with van der Waals surface area (Å²) in [7, 11) is 1.68. The Hall–Kier alpha value is -2.48. The fourth-order valence-electron chi connectivity index (χ4n) is 2.52. The molecular formula is C17H26N6O2. The molecule has 1 amide bonds. The maximum atomic E-state index is 12.9. The number of aromatic nitrogens is 4. The van der Waals surface area contributed by atoms with Crippen molar-refractivity contribution in [2.75, 3.05) is 32.1 Å². The van der Waals surface area contributed by atoms with Gasteiger partial charge >= 0.3 is 0 Å². The van der Waals surface area contributed by atoms with Crippen LogP contribution in [0.2, 0.25) is 0 Å². The molecule has 8 heteroatoms. The molecule has 0 radical (unpaired) electrons. The number of nitrogens with one attached hydrogen (secondary N) is 2. The summed E-state index contributed by atoms with van der Waals surface area (Å²) in [6.45, 7) is 4.26. The number of hydrogen-bond donors (Lipinski definition) is 2. The topological polar surface area (TPSA) is 96.0 Å². The zero-order valence-electron chi connectivity index (χ0n) is 14.9. The van der Waals surface area contributed by atoms with Crippen LogP contribution in [0.3, 0.4) is 0 Å². The number of H-pyrrole nitrogens is 1. The molecule has 0 aliphatic heterocycles. The van der Waals surface area contributed by atoms with Crippen LogP contribution in [0.4, 0.5) is 11.6 Å². The minimum Gasteiger partial charge on any atom is -0.385 e. The van der Waals surface area contributed by atoms with E-state index < -0.39 is 0 Å². The van der Waals surface area contributed by atoms with Gasteiger partial charge < -0.3 is 15.0 Å². The van der Waals surface area contributed by atoms with Crippen LogP contribution in [0, 0.1) is 0 Å². The summed E-state index contributed by atoms with van der Waals surface area (Å²) in [4.78, 5) is 14.8. The van der Waals surface area contributed by atoms with Crippen LogP contribution in [0.25, 0.3) is 0 Å². The number of unbranched alkanes of at least 4 members (excludes halogenated alkanes) is 2. The molecular weight excluding hydrogens is 320 g/mol. The van der Waals surface area contributed by atoms with Crippen molar-refractivity contribution in [1.82, 2.24) is 25.5 Å². The fraction of sp³-hybridized carbons (Fsp3) is 0.529. The molecule has 2 N–H and O–H groups in total. The summed E-state index contributed by atoms with van der Waals surface area (Å²) in [5.74, 6) is 0.397. The molecule has 2 rings (SSSR count). The zero-order valence-corrected chi connectivity index (χ0v) is 14.9. The molecule has 0 saturated carbocycles. The lowest BCUT2D eigenvalue weighted by molar-refractivity contribution is 0.0734. The highest BCUT2D eigenvalue weighted by molar-refractivity contribution is 5.95. The first-order chi connectivity index (χ1) is 12.2. The van der Waals surface area contributed by atoms with Crippen molar-refractivity contribution < 1.29 is 9.53 Å². The van der Waals surface area contributed by atoms with Crippen LogP contribution in [-0.4, -0.2) is 58.2 Å². The van der Waals surface area contributed by atoms with Gasteiger partial charge in [-0.25, -0.2) is 0 Å². The number of rotatable bonds is 11. The Kier molecular flexibility index (Phi) is 7.84. The van der Waals surface area contributed by atoms with E-state index in [2.05, 4.69) is 32.9 Å². The Morgan fingerprint density at radius 3 is 2.84 bits per heavy atom. The van der Waals surface area contributed by atoms with Gasteiger partial charge in [-0.15, -0.1) is 5.10 Å². The van der Waals surface area contributed by atoms with Crippen LogP contribution in [0.5, 0.6) is 0 Å². The van der Waals surface area contributed by atoms with Gasteiger partial charge in [-0.05, 0) is 36.3 Å². The standard InChI is InChI=1S/C17H26N6O2/c1-3-4-5-10-23(11-7-12-25-2)16(24)14-8-6-9-15(13-14)18-17-19-21-22-20-17/h6,8-9,13H,3-5,7,10-12H2,1-2H3,(H2,18,19,20,21,22). The number of benzene rings is 1. The Morgan fingerprint density at radius 1 is 1.28 bits per heavy atom. The third kappa shape index (κ3) is 6.15. The van der Waals surface area contributed by atoms with Gasteiger partial charge in [0, 0.05) is 38.1 Å². The second-order valence-corrected chi connectivity index (χ2v) is 5.79. The van der Waals surface area contributed by atoms with Crippen molar-refractivity contribution in [3.63, 3.8) is 0 Å². The van der Waals surface area contributed by atoms with E-state index >= 15 is 0 Å². The number of methoxy groups -OCH3 is 1. The van der Waals surface area contributed by atoms with E-state index in [0.717, 1.165) is 37.9 Å². The maximum absolute atomic E-state index is 12.9. The highest BCUT2D eigenvalue weighted by Crippen LogP contribution is 2.16. The molecule has 0 saturated heterocycles. The Labute approximate surface area is 147 Å². The summed E-state index contributed by atoms with van der Waals surface area (Å²) in [5.41, 5.74) is 1.39. The Bertz CT molecular complexity index is 622. The van der Waals surface area contributed by atoms with E-state index in [1.54, 1.807) is 7.11 Å². The van der Waals surface area contributed by atoms with Crippen molar-refractivity contribution in [3.05, 3.63) is 29.8 Å². The predicted octanol–water partition coefficient (Wildman–Crippen LogP) is 2.61. The van der Waals surface area contributed by atoms with Gasteiger partial charge in [-0.3, -0.25) is 4.79 Å². The number of anilines is 2. The number of ether oxygens (including phenoxy) is 1. The Morgan fingerprint density at radius 2 is 2.12 bits per heavy atom. The monoisotopic (exact) mass is 346 g/mol. The van der Waals surface area contributed by atoms with E-state index in [1.807, 2.05) is 29.2 Å². The molecule has 0 bridgehead atoms. The summed E-state index contributed by atoms with van der Waals surface area (Å²) in [6.07, 6.45) is 4.09. The van der Waals surface area contributed by atoms with E-state index in [9.17, 15) is 4.79 Å². The average molecular weight is 346 g/mol. The zero-order chi connectivity index (χ0) is 17.9. The van der Waals surface area contributed by atoms with E-state index in [4.69, 9.17) is 4.74 Å². The van der Waals surface area contributed by atoms with Gasteiger partial charge in [-0.2, -0.15) is 5.21 Å². The number of aromatic amines is 1. The van der Waals surface area contributed by atoms with Gasteiger partial charge in [0.1, 0.15) is 0 Å². The number of hydrogen-bond acceptors (Lipinski definition) is 6. The molecule has 0 unspecified atom stereocenters. The molecule has 2 aromatic rings. The van der Waals surface area contributed by atoms with Crippen molar-refractivity contribution >= 4 is 17.5 Å². The van der Waals surface area contributed by atoms with Crippen LogP contribution < -0.4 is 5.32 Å². The highest BCUT2D eigenvalue weighted by Gasteiger charge is 2.15. The number of tetrazole rings is 1. The van der Waals surface area contributed by atoms with Crippen LogP contribution in [0.15, 0.2) is 24.3 Å². The number of carbonyl (C=O) groups excluding carboxylic acids is 1. The third-order valence-corrected chi connectivity index (χ3v) is 3.81. The second-order valence-electron chi connectivity index (χ2n) is 5.79. The minimum atomic E-state index is 0.0315. The highest BCUT2D eigenvalue weighted by atomic mass is 16.5. The van der Waals surface area contributed by atoms with Crippen LogP contribution in [0.1, 0.15) is 43.0 Å². The van der Waals surface area contributed by atoms with Crippen molar-refractivity contribution in [2.45, 2.75) is 32.6 Å². The molecule has 25 heavy (non-hydrogen) atoms. The average Bonchev–Trinajstić information content (AvgIpc) is 3.13. The fourth-order valence-corrected chi connectivity index (χ4v) is 2.52. The SMILES string of the molecule is CCCCCN(CCCOC)C(=O)c1cccc(Nc2nn[nH]n2)c1. The normalized spacial score (nSPS) is 10.6. The van der Waals surface area contributed by atoms with Gasteiger partial charge in [-0.1, -0.05) is 30.9 Å². The van der Waals surface area contributed by atoms with Crippen molar-refractivity contribution in [2.24, 2.45) is 0 Å². The first kappa shape index (κ1) is 18.9. The maximum Gasteiger partial charge on any atom is 0.267 e. The van der Waals surface area contributed by atoms with Gasteiger partial charge in [0.05, 0.1) is 0 Å². The van der Waals surface area contributed by atoms with E-state index in [0.29, 0.717) is 24.7 Å². The first-order valence-electron chi connectivity index (χ1n) is 8.63. The molecule has 0 aliphatic carbocycles. The number of nitrogens with zero attached hydrogens (tertiary/aromatic N) is 4. The van der Waals surface area contributed by atoms with Gasteiger partial charge in [0.2, 0.25) is 0 Å². The largest absolute Gasteiger partial charge is 0.385 e. The molecule has 8 nitrogen and oxygen atoms in total. The smallest absolute Gasteiger partial charge is 0.267 e. The Balaban J connectivity index is 2.05. The molecule has 1 aromatic heterocycles. The summed E-state index contributed by atoms with van der Waals surface area (Å²) >= 11 is 0. The van der Waals surface area contributed by atoms with Crippen molar-refractivity contribution in [1.29, 1.82) is 0 Å². The molecule has 1 heterocycles. The molecule has 0 spiro atoms. The number of amides is 1. The second kappa shape index (κ2) is 10.4. The van der Waals surface area contributed by atoms with Crippen LogP contribution >= 0.6 is 0 Å². The minimum absolute atomic E-state index is 0.0315. The van der Waals surface area contributed by atoms with Gasteiger partial charge in [0.15, 0.2) is 0 Å². The molecule has 136 valence electrons. The predicted molar refractivity (Wildman–Crippen MR) is 95.8 cm³/mol. The first-order valence-corrected chi connectivity index (χ1v) is 8.63. The van der Waals surface area contributed by atoms with Crippen molar-refractivity contribution in [3.8, 4) is 0 Å². The summed E-state index contributed by atoms with van der Waals surface area (Å²) in [6, 6.07) is 7.34. The third-order valence-electron chi connectivity index (χ3n) is 3.81. The summed E-state index contributed by atoms with van der Waals surface area (Å²) in [5, 5.41) is 16.6. The van der Waals surface area contributed by atoms with E-state index in [1.165, 1.54) is 0 Å². The lowest BCUT2D eigenvalue weighted by atomic mass is 10.1. The van der Waals surface area contributed by atoms with Crippen LogP contribution in [-0.2, 0) is 4.74 Å². The summed E-state index contributed by atoms with van der Waals surface area (Å²) < 4.78 is 5.11.